The smallest absolute Gasteiger partial charge is 0.273 e. The predicted octanol–water partition coefficient (Wildman–Crippen LogP) is 2.53. The van der Waals surface area contributed by atoms with Crippen LogP contribution in [0.25, 0.3) is 28.0 Å². The Balaban J connectivity index is 1.27. The van der Waals surface area contributed by atoms with Crippen molar-refractivity contribution in [1.82, 2.24) is 29.9 Å². The second-order valence-corrected chi connectivity index (χ2v) is 9.08. The van der Waals surface area contributed by atoms with E-state index in [1.54, 1.807) is 25.3 Å². The highest BCUT2D eigenvalue weighted by Gasteiger charge is 2.27. The van der Waals surface area contributed by atoms with Gasteiger partial charge in [0.1, 0.15) is 28.5 Å². The van der Waals surface area contributed by atoms with E-state index in [1.165, 1.54) is 12.1 Å². The molecule has 1 N–H and O–H groups in total. The Morgan fingerprint density at radius 3 is 2.71 bits per heavy atom. The number of hydrogen-bond acceptors (Lipinski definition) is 7. The molecular formula is C25H26FN7O2. The highest BCUT2D eigenvalue weighted by Crippen LogP contribution is 2.26. The van der Waals surface area contributed by atoms with E-state index in [4.69, 9.17) is 4.74 Å². The van der Waals surface area contributed by atoms with Crippen LogP contribution in [0.5, 0.6) is 0 Å². The van der Waals surface area contributed by atoms with E-state index in [0.29, 0.717) is 28.3 Å². The number of ether oxygens (including phenoxy) is 1. The molecule has 2 saturated heterocycles. The lowest BCUT2D eigenvalue weighted by atomic mass is 10.1. The summed E-state index contributed by atoms with van der Waals surface area (Å²) in [4.78, 5) is 22.2. The van der Waals surface area contributed by atoms with Gasteiger partial charge in [0.05, 0.1) is 12.1 Å². The number of pyridine rings is 1. The summed E-state index contributed by atoms with van der Waals surface area (Å²) in [6.45, 7) is 7.28. The normalized spacial score (nSPS) is 19.0. The molecule has 10 heteroatoms. The summed E-state index contributed by atoms with van der Waals surface area (Å²) in [6.07, 6.45) is 2.89. The molecule has 9 nitrogen and oxygen atoms in total. The van der Waals surface area contributed by atoms with Gasteiger partial charge in [-0.2, -0.15) is 14.9 Å². The molecule has 1 aromatic carbocycles. The maximum atomic E-state index is 14.6. The first-order valence-corrected chi connectivity index (χ1v) is 11.9. The van der Waals surface area contributed by atoms with Gasteiger partial charge in [0, 0.05) is 56.7 Å². The number of anilines is 1. The van der Waals surface area contributed by atoms with Crippen molar-refractivity contribution in [2.45, 2.75) is 19.4 Å². The van der Waals surface area contributed by atoms with E-state index in [0.717, 1.165) is 61.9 Å². The van der Waals surface area contributed by atoms with Gasteiger partial charge in [-0.15, -0.1) is 0 Å². The third-order valence-electron chi connectivity index (χ3n) is 6.93. The fourth-order valence-electron chi connectivity index (χ4n) is 4.98. The van der Waals surface area contributed by atoms with Crippen molar-refractivity contribution in [2.24, 2.45) is 0 Å². The summed E-state index contributed by atoms with van der Waals surface area (Å²) in [5.41, 5.74) is 2.63. The van der Waals surface area contributed by atoms with E-state index >= 15 is 0 Å². The van der Waals surface area contributed by atoms with Gasteiger partial charge in [-0.3, -0.25) is 14.8 Å². The minimum atomic E-state index is -0.504. The van der Waals surface area contributed by atoms with Crippen LogP contribution in [0.2, 0.25) is 0 Å². The molecule has 35 heavy (non-hydrogen) atoms. The Kier molecular flexibility index (Phi) is 5.54. The van der Waals surface area contributed by atoms with Crippen molar-refractivity contribution >= 4 is 16.9 Å². The molecule has 2 aliphatic heterocycles. The van der Waals surface area contributed by atoms with Crippen molar-refractivity contribution in [2.75, 3.05) is 44.3 Å². The second-order valence-electron chi connectivity index (χ2n) is 9.08. The number of benzene rings is 1. The average Bonchev–Trinajstić information content (AvgIpc) is 3.55. The van der Waals surface area contributed by atoms with Crippen molar-refractivity contribution in [1.29, 1.82) is 0 Å². The lowest BCUT2D eigenvalue weighted by molar-refractivity contribution is 0.139. The molecule has 2 fully saturated rings. The number of nitrogens with zero attached hydrogens (tertiary/aromatic N) is 6. The number of rotatable bonds is 4. The molecule has 0 saturated carbocycles. The zero-order valence-electron chi connectivity index (χ0n) is 19.4. The Hall–Kier alpha value is -3.63. The Morgan fingerprint density at radius 1 is 1.14 bits per heavy atom. The summed E-state index contributed by atoms with van der Waals surface area (Å²) in [5, 5.41) is 11.7. The number of piperazine rings is 1. The molecule has 4 aromatic rings. The first-order chi connectivity index (χ1) is 17.1. The highest BCUT2D eigenvalue weighted by atomic mass is 19.1. The molecule has 2 aliphatic rings. The number of hydrogen-bond donors (Lipinski definition) is 1. The lowest BCUT2D eigenvalue weighted by Gasteiger charge is -2.38. The van der Waals surface area contributed by atoms with Gasteiger partial charge >= 0.3 is 0 Å². The summed E-state index contributed by atoms with van der Waals surface area (Å²) in [6, 6.07) is 10.6. The summed E-state index contributed by atoms with van der Waals surface area (Å²) < 4.78 is 21.2. The van der Waals surface area contributed by atoms with Crippen LogP contribution in [0.3, 0.4) is 0 Å². The van der Waals surface area contributed by atoms with Gasteiger partial charge in [0.15, 0.2) is 0 Å². The molecule has 0 radical (unpaired) electrons. The summed E-state index contributed by atoms with van der Waals surface area (Å²) in [7, 11) is 0. The fourth-order valence-corrected chi connectivity index (χ4v) is 4.98. The predicted molar refractivity (Wildman–Crippen MR) is 130 cm³/mol. The van der Waals surface area contributed by atoms with Crippen LogP contribution in [-0.2, 0) is 4.74 Å². The number of fused-ring (bicyclic) bond motifs is 1. The van der Waals surface area contributed by atoms with Crippen LogP contribution < -0.4 is 10.5 Å². The number of halogens is 1. The van der Waals surface area contributed by atoms with E-state index in [2.05, 4.69) is 30.1 Å². The number of para-hydroxylation sites is 1. The quantitative estimate of drug-likeness (QED) is 0.485. The number of aromatic amines is 1. The largest absolute Gasteiger partial charge is 0.380 e. The first kappa shape index (κ1) is 21.9. The zero-order chi connectivity index (χ0) is 23.9. The maximum absolute atomic E-state index is 14.6. The topological polar surface area (TPSA) is 92.2 Å². The van der Waals surface area contributed by atoms with E-state index in [1.807, 2.05) is 12.1 Å². The second kappa shape index (κ2) is 8.86. The molecule has 1 unspecified atom stereocenters. The number of nitrogens with one attached hydrogen (secondary N) is 1. The molecule has 3 aromatic heterocycles. The molecule has 0 amide bonds. The Morgan fingerprint density at radius 2 is 2.00 bits per heavy atom. The highest BCUT2D eigenvalue weighted by molar-refractivity contribution is 5.89. The Labute approximate surface area is 201 Å². The van der Waals surface area contributed by atoms with Crippen molar-refractivity contribution in [3.05, 3.63) is 64.3 Å². The summed E-state index contributed by atoms with van der Waals surface area (Å²) >= 11 is 0. The van der Waals surface area contributed by atoms with E-state index in [-0.39, 0.29) is 5.69 Å². The molecular weight excluding hydrogens is 449 g/mol. The standard InChI is InChI=1S/C25H26FN7O2/c1-16-3-2-4-19(26)25(16)33-22(34)13-20-24(30-33)23(29-28-20)17-5-6-21(27-14-17)32-10-8-31(9-11-32)18-7-12-35-15-18/h2-6,13-14,18,28H,7-12,15H2,1H3. The van der Waals surface area contributed by atoms with E-state index < -0.39 is 11.4 Å². The third-order valence-corrected chi connectivity index (χ3v) is 6.93. The third kappa shape index (κ3) is 3.98. The van der Waals surface area contributed by atoms with Crippen molar-refractivity contribution in [3.63, 3.8) is 0 Å². The molecule has 0 bridgehead atoms. The monoisotopic (exact) mass is 475 g/mol. The van der Waals surface area contributed by atoms with Gasteiger partial charge in [-0.05, 0) is 37.1 Å². The minimum absolute atomic E-state index is 0.142. The zero-order valence-corrected chi connectivity index (χ0v) is 19.4. The summed E-state index contributed by atoms with van der Waals surface area (Å²) in [5.74, 6) is 0.415. The van der Waals surface area contributed by atoms with Gasteiger partial charge in [-0.25, -0.2) is 9.37 Å². The fraction of sp³-hybridized carbons (Fsp3) is 0.360. The first-order valence-electron chi connectivity index (χ1n) is 11.9. The van der Waals surface area contributed by atoms with Gasteiger partial charge in [0.2, 0.25) is 0 Å². The molecule has 1 atom stereocenters. The average molecular weight is 476 g/mol. The van der Waals surface area contributed by atoms with Crippen LogP contribution >= 0.6 is 0 Å². The van der Waals surface area contributed by atoms with Crippen molar-refractivity contribution in [3.8, 4) is 16.9 Å². The molecule has 5 heterocycles. The number of H-pyrrole nitrogens is 1. The van der Waals surface area contributed by atoms with Gasteiger partial charge in [-0.1, -0.05) is 12.1 Å². The maximum Gasteiger partial charge on any atom is 0.273 e. The number of aromatic nitrogens is 5. The van der Waals surface area contributed by atoms with Crippen LogP contribution in [-0.4, -0.2) is 75.3 Å². The van der Waals surface area contributed by atoms with Gasteiger partial charge in [0.25, 0.3) is 5.56 Å². The van der Waals surface area contributed by atoms with Crippen LogP contribution in [0.1, 0.15) is 12.0 Å². The molecule has 6 rings (SSSR count). The SMILES string of the molecule is Cc1cccc(F)c1-n1nc2c(-c3ccc(N4CCN(C5CCOC5)CC4)nc3)n[nH]c2cc1=O. The van der Waals surface area contributed by atoms with Crippen LogP contribution in [0.15, 0.2) is 47.4 Å². The molecule has 180 valence electrons. The van der Waals surface area contributed by atoms with E-state index in [9.17, 15) is 9.18 Å². The van der Waals surface area contributed by atoms with Gasteiger partial charge < -0.3 is 9.64 Å². The number of aryl methyl sites for hydroxylation is 1. The van der Waals surface area contributed by atoms with Crippen LogP contribution in [0, 0.1) is 12.7 Å². The van der Waals surface area contributed by atoms with Crippen LogP contribution in [0.4, 0.5) is 10.2 Å². The molecule has 0 aliphatic carbocycles. The molecule has 0 spiro atoms. The Bertz CT molecular complexity index is 1400. The van der Waals surface area contributed by atoms with Crippen molar-refractivity contribution < 1.29 is 9.13 Å². The minimum Gasteiger partial charge on any atom is -0.380 e. The lowest BCUT2D eigenvalue weighted by Crippen LogP contribution is -2.50.